The van der Waals surface area contributed by atoms with E-state index in [1.165, 1.54) is 11.3 Å². The molecule has 2 aromatic heterocycles. The fourth-order valence-electron chi connectivity index (χ4n) is 3.30. The van der Waals surface area contributed by atoms with Crippen LogP contribution in [-0.2, 0) is 18.1 Å². The predicted octanol–water partition coefficient (Wildman–Crippen LogP) is 5.40. The van der Waals surface area contributed by atoms with Crippen LogP contribution in [-0.4, -0.2) is 24.4 Å². The molecule has 3 rings (SSSR count). The molecule has 0 aliphatic heterocycles. The number of aryl methyl sites for hydroxylation is 2. The number of nitrogens with zero attached hydrogens (tertiary/aromatic N) is 1. The van der Waals surface area contributed by atoms with Crippen molar-refractivity contribution in [3.63, 3.8) is 0 Å². The van der Waals surface area contributed by atoms with Crippen LogP contribution in [0.2, 0.25) is 25.7 Å². The quantitative estimate of drug-likeness (QED) is 0.389. The van der Waals surface area contributed by atoms with Crippen LogP contribution in [0.15, 0.2) is 21.4 Å². The predicted molar refractivity (Wildman–Crippen MR) is 121 cm³/mol. The third kappa shape index (κ3) is 4.07. The molecule has 0 radical (unpaired) electrons. The van der Waals surface area contributed by atoms with E-state index in [0.717, 1.165) is 47.5 Å². The Morgan fingerprint density at radius 2 is 1.96 bits per heavy atom. The minimum Gasteiger partial charge on any atom is -0.392 e. The maximum Gasteiger partial charge on any atom is 0.270 e. The average Bonchev–Trinajstić information content (AvgIpc) is 2.97. The maximum absolute atomic E-state index is 13.2. The number of pyridine rings is 1. The normalized spacial score (nSPS) is 12.4. The summed E-state index contributed by atoms with van der Waals surface area (Å²) < 4.78 is 9.27. The molecule has 0 spiro atoms. The molecule has 0 saturated carbocycles. The summed E-state index contributed by atoms with van der Waals surface area (Å²) in [7, 11) is -1.18. The number of benzene rings is 1. The molecule has 1 aromatic carbocycles. The molecule has 7 heteroatoms. The van der Waals surface area contributed by atoms with Crippen molar-refractivity contribution in [2.75, 3.05) is 6.61 Å². The Balaban J connectivity index is 2.21. The Kier molecular flexibility index (Phi) is 5.98. The summed E-state index contributed by atoms with van der Waals surface area (Å²) in [5.74, 6) is 0. The van der Waals surface area contributed by atoms with E-state index in [4.69, 9.17) is 4.74 Å². The van der Waals surface area contributed by atoms with Crippen molar-refractivity contribution in [2.45, 2.75) is 52.9 Å². The third-order valence-electron chi connectivity index (χ3n) is 4.72. The summed E-state index contributed by atoms with van der Waals surface area (Å²) >= 11 is 5.18. The molecule has 0 fully saturated rings. The number of aromatic nitrogens is 1. The van der Waals surface area contributed by atoms with Gasteiger partial charge in [0.2, 0.25) is 0 Å². The van der Waals surface area contributed by atoms with Gasteiger partial charge in [0.1, 0.15) is 11.4 Å². The van der Waals surface area contributed by atoms with Gasteiger partial charge in [0.25, 0.3) is 5.56 Å². The van der Waals surface area contributed by atoms with E-state index < -0.39 is 8.07 Å². The monoisotopic (exact) mass is 467 g/mol. The number of aliphatic hydroxyl groups is 1. The average molecular weight is 468 g/mol. The first-order valence-corrected chi connectivity index (χ1v) is 14.4. The lowest BCUT2D eigenvalue weighted by atomic mass is 10.0. The second kappa shape index (κ2) is 7.79. The molecule has 2 heterocycles. The van der Waals surface area contributed by atoms with Gasteiger partial charge in [-0.25, -0.2) is 0 Å². The number of aliphatic hydroxyl groups excluding tert-OH is 1. The summed E-state index contributed by atoms with van der Waals surface area (Å²) in [6, 6.07) is 5.07. The number of ether oxygens (including phenoxy) is 1. The van der Waals surface area contributed by atoms with Crippen LogP contribution in [0.3, 0.4) is 0 Å². The summed E-state index contributed by atoms with van der Waals surface area (Å²) in [5, 5.41) is 11.7. The zero-order valence-electron chi connectivity index (χ0n) is 16.5. The zero-order valence-corrected chi connectivity index (χ0v) is 19.9. The number of fused-ring (bicyclic) bond motifs is 3. The molecular formula is C20H26BrNO3SSi. The number of thiophene rings is 1. The number of rotatable bonds is 6. The van der Waals surface area contributed by atoms with Crippen molar-refractivity contribution in [3.05, 3.63) is 43.0 Å². The van der Waals surface area contributed by atoms with Gasteiger partial charge >= 0.3 is 0 Å². The van der Waals surface area contributed by atoms with Crippen molar-refractivity contribution in [2.24, 2.45) is 0 Å². The molecule has 0 saturated heterocycles. The summed E-state index contributed by atoms with van der Waals surface area (Å²) in [6.07, 6.45) is 0. The second-order valence-electron chi connectivity index (χ2n) is 8.23. The number of hydrogen-bond acceptors (Lipinski definition) is 4. The third-order valence-corrected chi connectivity index (χ3v) is 8.37. The molecular weight excluding hydrogens is 442 g/mol. The van der Waals surface area contributed by atoms with E-state index >= 15 is 0 Å². The lowest BCUT2D eigenvalue weighted by Crippen LogP contribution is -2.25. The van der Waals surface area contributed by atoms with Crippen molar-refractivity contribution >= 4 is 56.3 Å². The Bertz CT molecular complexity index is 1070. The molecule has 0 amide bonds. The molecule has 0 aliphatic carbocycles. The van der Waals surface area contributed by atoms with E-state index in [1.807, 2.05) is 19.9 Å². The van der Waals surface area contributed by atoms with Crippen molar-refractivity contribution < 1.29 is 9.84 Å². The Morgan fingerprint density at radius 3 is 2.59 bits per heavy atom. The van der Waals surface area contributed by atoms with E-state index in [2.05, 4.69) is 41.6 Å². The first-order chi connectivity index (χ1) is 12.6. The first kappa shape index (κ1) is 20.7. The largest absolute Gasteiger partial charge is 0.392 e. The van der Waals surface area contributed by atoms with Crippen molar-refractivity contribution in [1.82, 2.24) is 4.57 Å². The second-order valence-corrected chi connectivity index (χ2v) is 15.9. The standard InChI is InChI=1S/C20H26BrNO3SSi/c1-12-8-14(10-23)17(21)16-15-9-13(2)26-19(15)20(24)22(18(12)16)11-25-6-7-27(3,4)5/h8-9,23H,6-7,10-11H2,1-5H3. The first-order valence-electron chi connectivity index (χ1n) is 9.07. The summed E-state index contributed by atoms with van der Waals surface area (Å²) in [6.45, 7) is 11.8. The minimum absolute atomic E-state index is 0.00430. The molecule has 146 valence electrons. The molecule has 0 bridgehead atoms. The van der Waals surface area contributed by atoms with Gasteiger partial charge in [0, 0.05) is 34.8 Å². The Labute approximate surface area is 172 Å². The summed E-state index contributed by atoms with van der Waals surface area (Å²) in [5.41, 5.74) is 2.67. The van der Waals surface area contributed by atoms with E-state index in [9.17, 15) is 9.90 Å². The highest BCUT2D eigenvalue weighted by Crippen LogP contribution is 2.37. The fourth-order valence-corrected chi connectivity index (χ4v) is 5.67. The lowest BCUT2D eigenvalue weighted by Gasteiger charge is -2.19. The fraction of sp³-hybridized carbons (Fsp3) is 0.450. The van der Waals surface area contributed by atoms with Gasteiger partial charge in [-0.1, -0.05) is 25.7 Å². The van der Waals surface area contributed by atoms with Crippen LogP contribution in [0.5, 0.6) is 0 Å². The van der Waals surface area contributed by atoms with Crippen LogP contribution >= 0.6 is 27.3 Å². The van der Waals surface area contributed by atoms with Crippen LogP contribution in [0.4, 0.5) is 0 Å². The molecule has 1 N–H and O–H groups in total. The highest BCUT2D eigenvalue weighted by Gasteiger charge is 2.19. The number of halogens is 1. The van der Waals surface area contributed by atoms with Gasteiger partial charge < -0.3 is 9.84 Å². The van der Waals surface area contributed by atoms with E-state index in [1.54, 1.807) is 4.57 Å². The Hall–Kier alpha value is -0.993. The van der Waals surface area contributed by atoms with Gasteiger partial charge in [0.05, 0.1) is 12.1 Å². The van der Waals surface area contributed by atoms with Gasteiger partial charge in [-0.15, -0.1) is 11.3 Å². The van der Waals surface area contributed by atoms with Gasteiger partial charge in [-0.2, -0.15) is 0 Å². The number of hydrogen-bond donors (Lipinski definition) is 1. The zero-order chi connectivity index (χ0) is 19.9. The molecule has 27 heavy (non-hydrogen) atoms. The van der Waals surface area contributed by atoms with Gasteiger partial charge in [-0.3, -0.25) is 9.36 Å². The van der Waals surface area contributed by atoms with Crippen LogP contribution in [0.25, 0.3) is 21.0 Å². The van der Waals surface area contributed by atoms with Gasteiger partial charge in [0.15, 0.2) is 0 Å². The van der Waals surface area contributed by atoms with Crippen LogP contribution in [0.1, 0.15) is 16.0 Å². The molecule has 0 aliphatic rings. The molecule has 0 atom stereocenters. The minimum atomic E-state index is -1.18. The van der Waals surface area contributed by atoms with Gasteiger partial charge in [-0.05, 0) is 53.0 Å². The van der Waals surface area contributed by atoms with Crippen LogP contribution < -0.4 is 5.56 Å². The molecule has 0 unspecified atom stereocenters. The lowest BCUT2D eigenvalue weighted by molar-refractivity contribution is 0.0881. The van der Waals surface area contributed by atoms with Crippen molar-refractivity contribution in [1.29, 1.82) is 0 Å². The van der Waals surface area contributed by atoms with Crippen LogP contribution in [0, 0.1) is 13.8 Å². The SMILES string of the molecule is Cc1cc2c(s1)c(=O)n(COCC[Si](C)(C)C)c1c(C)cc(CO)c(Br)c21. The molecule has 3 aromatic rings. The highest BCUT2D eigenvalue weighted by molar-refractivity contribution is 9.10. The Morgan fingerprint density at radius 1 is 1.26 bits per heavy atom. The van der Waals surface area contributed by atoms with Crippen molar-refractivity contribution in [3.8, 4) is 0 Å². The summed E-state index contributed by atoms with van der Waals surface area (Å²) in [4.78, 5) is 14.3. The molecule has 4 nitrogen and oxygen atoms in total. The highest BCUT2D eigenvalue weighted by atomic mass is 79.9. The topological polar surface area (TPSA) is 51.5 Å². The van der Waals surface area contributed by atoms with E-state index in [0.29, 0.717) is 6.61 Å². The maximum atomic E-state index is 13.2. The smallest absolute Gasteiger partial charge is 0.270 e. The van der Waals surface area contributed by atoms with E-state index in [-0.39, 0.29) is 18.9 Å².